The Morgan fingerprint density at radius 2 is 1.94 bits per heavy atom. The monoisotopic (exact) mass is 464 g/mol. The van der Waals surface area contributed by atoms with E-state index in [2.05, 4.69) is 5.32 Å². The number of hydrogen-bond donors (Lipinski definition) is 2. The average molecular weight is 465 g/mol. The lowest BCUT2D eigenvalue weighted by Gasteiger charge is -2.33. The van der Waals surface area contributed by atoms with Crippen molar-refractivity contribution < 1.29 is 23.9 Å². The zero-order chi connectivity index (χ0) is 23.5. The van der Waals surface area contributed by atoms with Gasteiger partial charge < -0.3 is 15.3 Å². The molecule has 2 amide bonds. The average Bonchev–Trinajstić information content (AvgIpc) is 3.25. The first kappa shape index (κ1) is 21.3. The van der Waals surface area contributed by atoms with E-state index in [0.29, 0.717) is 39.5 Å². The minimum atomic E-state index is -1.47. The van der Waals surface area contributed by atoms with Crippen LogP contribution in [0.15, 0.2) is 48.5 Å². The summed E-state index contributed by atoms with van der Waals surface area (Å²) in [4.78, 5) is 41.3. The summed E-state index contributed by atoms with van der Waals surface area (Å²) in [6.07, 6.45) is -0.211. The summed E-state index contributed by atoms with van der Waals surface area (Å²) >= 11 is 0.973. The summed E-state index contributed by atoms with van der Waals surface area (Å²) in [5.41, 5.74) is 0.794. The number of amides is 2. The molecule has 3 heterocycles. The molecule has 2 aromatic carbocycles. The lowest BCUT2D eigenvalue weighted by molar-refractivity contribution is -0.126. The quantitative estimate of drug-likeness (QED) is 0.576. The number of anilines is 2. The Bertz CT molecular complexity index is 1320. The summed E-state index contributed by atoms with van der Waals surface area (Å²) in [6.45, 7) is 4.35. The minimum Gasteiger partial charge on any atom is -0.477 e. The highest BCUT2D eigenvalue weighted by atomic mass is 32.1. The van der Waals surface area contributed by atoms with Crippen molar-refractivity contribution >= 4 is 40.5 Å². The molecular weight excluding hydrogens is 443 g/mol. The van der Waals surface area contributed by atoms with Crippen molar-refractivity contribution in [2.75, 3.05) is 16.8 Å². The molecule has 2 aliphatic rings. The predicted molar refractivity (Wildman–Crippen MR) is 124 cm³/mol. The van der Waals surface area contributed by atoms with Crippen molar-refractivity contribution in [3.8, 4) is 11.1 Å². The fourth-order valence-corrected chi connectivity index (χ4v) is 6.18. The lowest BCUT2D eigenvalue weighted by atomic mass is 9.74. The molecule has 0 radical (unpaired) electrons. The first-order valence-corrected chi connectivity index (χ1v) is 11.4. The number of fused-ring (bicyclic) bond motifs is 4. The Hall–Kier alpha value is -3.52. The maximum absolute atomic E-state index is 14.4. The van der Waals surface area contributed by atoms with E-state index in [1.807, 2.05) is 19.9 Å². The van der Waals surface area contributed by atoms with Gasteiger partial charge in [0.15, 0.2) is 0 Å². The van der Waals surface area contributed by atoms with Gasteiger partial charge >= 0.3 is 5.97 Å². The Balaban J connectivity index is 1.84. The second kappa shape index (κ2) is 7.52. The fourth-order valence-electron chi connectivity index (χ4n) is 4.86. The van der Waals surface area contributed by atoms with Gasteiger partial charge in [-0.3, -0.25) is 9.59 Å². The first-order valence-electron chi connectivity index (χ1n) is 10.6. The SMILES string of the molecule is CC(C)CN1C(=O)[C@]2(CC(=O)Nc3c2sc(C(=O)O)c3-c2ccccc2)c2cc(F)ccc21. The highest BCUT2D eigenvalue weighted by Gasteiger charge is 2.58. The molecular formula is C25H21FN2O4S. The maximum Gasteiger partial charge on any atom is 0.346 e. The molecule has 3 aromatic rings. The molecule has 1 spiro atoms. The van der Waals surface area contributed by atoms with Gasteiger partial charge in [0.25, 0.3) is 0 Å². The van der Waals surface area contributed by atoms with Gasteiger partial charge in [0, 0.05) is 23.4 Å². The molecule has 0 aliphatic carbocycles. The van der Waals surface area contributed by atoms with Crippen LogP contribution in [-0.4, -0.2) is 29.4 Å². The van der Waals surface area contributed by atoms with Crippen LogP contribution in [0.25, 0.3) is 11.1 Å². The van der Waals surface area contributed by atoms with Gasteiger partial charge in [0.05, 0.1) is 17.0 Å². The number of carboxylic acids is 1. The Labute approximate surface area is 193 Å². The van der Waals surface area contributed by atoms with E-state index in [9.17, 15) is 23.9 Å². The third kappa shape index (κ3) is 3.08. The van der Waals surface area contributed by atoms with Gasteiger partial charge in [-0.25, -0.2) is 9.18 Å². The van der Waals surface area contributed by atoms with Crippen LogP contribution < -0.4 is 10.2 Å². The number of aromatic carboxylic acids is 1. The summed E-state index contributed by atoms with van der Waals surface area (Å²) in [5, 5.41) is 12.8. The maximum atomic E-state index is 14.4. The number of nitrogens with zero attached hydrogens (tertiary/aromatic N) is 1. The number of benzene rings is 2. The smallest absolute Gasteiger partial charge is 0.346 e. The second-order valence-corrected chi connectivity index (χ2v) is 9.80. The van der Waals surface area contributed by atoms with Crippen molar-refractivity contribution in [3.63, 3.8) is 0 Å². The number of rotatable bonds is 4. The van der Waals surface area contributed by atoms with Crippen molar-refractivity contribution in [2.45, 2.75) is 25.7 Å². The van der Waals surface area contributed by atoms with E-state index < -0.39 is 23.1 Å². The highest BCUT2D eigenvalue weighted by Crippen LogP contribution is 2.57. The van der Waals surface area contributed by atoms with Crippen LogP contribution >= 0.6 is 11.3 Å². The van der Waals surface area contributed by atoms with Gasteiger partial charge in [-0.05, 0) is 29.7 Å². The largest absolute Gasteiger partial charge is 0.477 e. The minimum absolute atomic E-state index is 0.0286. The van der Waals surface area contributed by atoms with Gasteiger partial charge in [0.2, 0.25) is 11.8 Å². The van der Waals surface area contributed by atoms with Gasteiger partial charge in [0.1, 0.15) is 16.1 Å². The number of carbonyl (C=O) groups excluding carboxylic acids is 2. The Morgan fingerprint density at radius 3 is 2.61 bits per heavy atom. The van der Waals surface area contributed by atoms with Crippen LogP contribution in [0.4, 0.5) is 15.8 Å². The van der Waals surface area contributed by atoms with E-state index in [1.165, 1.54) is 12.1 Å². The summed E-state index contributed by atoms with van der Waals surface area (Å²) in [7, 11) is 0. The van der Waals surface area contributed by atoms with E-state index in [-0.39, 0.29) is 23.1 Å². The third-order valence-corrected chi connectivity index (χ3v) is 7.45. The topological polar surface area (TPSA) is 86.7 Å². The van der Waals surface area contributed by atoms with E-state index in [1.54, 1.807) is 35.2 Å². The number of nitrogens with one attached hydrogen (secondary N) is 1. The molecule has 0 unspecified atom stereocenters. The molecule has 168 valence electrons. The molecule has 2 aliphatic heterocycles. The molecule has 33 heavy (non-hydrogen) atoms. The molecule has 2 N–H and O–H groups in total. The summed E-state index contributed by atoms with van der Waals surface area (Å²) in [5.74, 6) is -2.27. The second-order valence-electron chi connectivity index (χ2n) is 8.78. The number of carbonyl (C=O) groups is 3. The van der Waals surface area contributed by atoms with Crippen LogP contribution in [0.1, 0.15) is 40.4 Å². The zero-order valence-corrected chi connectivity index (χ0v) is 18.8. The highest BCUT2D eigenvalue weighted by molar-refractivity contribution is 7.15. The molecule has 0 fully saturated rings. The lowest BCUT2D eigenvalue weighted by Crippen LogP contribution is -2.46. The Kier molecular flexibility index (Phi) is 4.86. The molecule has 1 atom stereocenters. The van der Waals surface area contributed by atoms with Crippen molar-refractivity contribution in [3.05, 3.63) is 69.7 Å². The molecule has 8 heteroatoms. The molecule has 6 nitrogen and oxygen atoms in total. The van der Waals surface area contributed by atoms with Crippen LogP contribution in [-0.2, 0) is 15.0 Å². The predicted octanol–water partition coefficient (Wildman–Crippen LogP) is 4.88. The normalized spacial score (nSPS) is 19.1. The molecule has 1 aromatic heterocycles. The summed E-state index contributed by atoms with van der Waals surface area (Å²) in [6, 6.07) is 13.1. The summed E-state index contributed by atoms with van der Waals surface area (Å²) < 4.78 is 14.4. The van der Waals surface area contributed by atoms with Crippen molar-refractivity contribution in [1.82, 2.24) is 0 Å². The van der Waals surface area contributed by atoms with Crippen LogP contribution in [0, 0.1) is 11.7 Å². The van der Waals surface area contributed by atoms with Gasteiger partial charge in [-0.1, -0.05) is 44.2 Å². The van der Waals surface area contributed by atoms with Gasteiger partial charge in [-0.15, -0.1) is 11.3 Å². The van der Waals surface area contributed by atoms with Crippen LogP contribution in [0.5, 0.6) is 0 Å². The Morgan fingerprint density at radius 1 is 1.21 bits per heavy atom. The molecule has 0 saturated heterocycles. The first-order chi connectivity index (χ1) is 15.7. The fraction of sp³-hybridized carbons (Fsp3) is 0.240. The number of thiophene rings is 1. The third-order valence-electron chi connectivity index (χ3n) is 6.11. The van der Waals surface area contributed by atoms with Gasteiger partial charge in [-0.2, -0.15) is 0 Å². The van der Waals surface area contributed by atoms with Crippen LogP contribution in [0.3, 0.4) is 0 Å². The number of carboxylic acid groups (broad SMARTS) is 1. The number of hydrogen-bond acceptors (Lipinski definition) is 4. The number of halogens is 1. The molecule has 5 rings (SSSR count). The molecule has 0 bridgehead atoms. The van der Waals surface area contributed by atoms with Crippen molar-refractivity contribution in [1.29, 1.82) is 0 Å². The van der Waals surface area contributed by atoms with E-state index in [0.717, 1.165) is 11.3 Å². The standard InChI is InChI=1S/C25H21FN2O4S/c1-13(2)12-28-17-9-8-15(26)10-16(17)25(24(28)32)11-18(29)27-20-19(14-6-4-3-5-7-14)21(23(30)31)33-22(20)25/h3-10,13H,11-12H2,1-2H3,(H,27,29)(H,30,31)/t25-/m1/s1. The molecule has 0 saturated carbocycles. The van der Waals surface area contributed by atoms with Crippen LogP contribution in [0.2, 0.25) is 0 Å². The van der Waals surface area contributed by atoms with E-state index in [4.69, 9.17) is 0 Å². The van der Waals surface area contributed by atoms with Crippen molar-refractivity contribution in [2.24, 2.45) is 5.92 Å². The van der Waals surface area contributed by atoms with E-state index >= 15 is 0 Å². The zero-order valence-electron chi connectivity index (χ0n) is 18.0.